The largest absolute Gasteiger partial charge is 0.489 e. The molecule has 3 aromatic carbocycles. The number of nitrogens with one attached hydrogen (secondary N) is 2. The number of hydrogen-bond donors (Lipinski definition) is 2. The zero-order valence-electron chi connectivity index (χ0n) is 19.2. The Morgan fingerprint density at radius 2 is 1.69 bits per heavy atom. The maximum Gasteiger partial charge on any atom is 0.416 e. The number of anilines is 2. The third kappa shape index (κ3) is 6.73. The summed E-state index contributed by atoms with van der Waals surface area (Å²) in [6.07, 6.45) is -4.52. The first-order valence-electron chi connectivity index (χ1n) is 11.2. The number of rotatable bonds is 6. The topological polar surface area (TPSA) is 62.8 Å². The van der Waals surface area contributed by atoms with Crippen LogP contribution in [0.15, 0.2) is 72.8 Å². The zero-order chi connectivity index (χ0) is 25.5. The van der Waals surface area contributed by atoms with E-state index < -0.39 is 17.6 Å². The third-order valence-corrected chi connectivity index (χ3v) is 5.72. The molecule has 0 radical (unpaired) electrons. The minimum absolute atomic E-state index is 0.113. The highest BCUT2D eigenvalue weighted by atomic mass is 32.1. The van der Waals surface area contributed by atoms with E-state index in [4.69, 9.17) is 21.7 Å². The van der Waals surface area contributed by atoms with Crippen LogP contribution >= 0.6 is 12.2 Å². The van der Waals surface area contributed by atoms with E-state index in [1.54, 1.807) is 24.3 Å². The lowest BCUT2D eigenvalue weighted by Gasteiger charge is -2.31. The predicted molar refractivity (Wildman–Crippen MR) is 135 cm³/mol. The molecular weight excluding hydrogens is 491 g/mol. The zero-order valence-corrected chi connectivity index (χ0v) is 20.0. The van der Waals surface area contributed by atoms with E-state index in [2.05, 4.69) is 10.6 Å². The first-order valence-corrected chi connectivity index (χ1v) is 11.6. The number of amides is 1. The van der Waals surface area contributed by atoms with E-state index in [1.165, 1.54) is 6.07 Å². The summed E-state index contributed by atoms with van der Waals surface area (Å²) in [7, 11) is 0. The van der Waals surface area contributed by atoms with Gasteiger partial charge < -0.3 is 19.7 Å². The molecule has 1 aliphatic heterocycles. The van der Waals surface area contributed by atoms with Crippen LogP contribution < -0.4 is 20.3 Å². The van der Waals surface area contributed by atoms with Crippen LogP contribution in [0.1, 0.15) is 21.5 Å². The molecule has 0 aromatic heterocycles. The first kappa shape index (κ1) is 25.5. The molecule has 3 aromatic rings. The molecule has 1 aliphatic rings. The summed E-state index contributed by atoms with van der Waals surface area (Å²) < 4.78 is 51.0. The second-order valence-corrected chi connectivity index (χ2v) is 8.44. The Bertz CT molecular complexity index is 1200. The highest BCUT2D eigenvalue weighted by Crippen LogP contribution is 2.35. The fourth-order valence-corrected chi connectivity index (χ4v) is 3.87. The Hall–Kier alpha value is -3.63. The molecule has 4 rings (SSSR count). The highest BCUT2D eigenvalue weighted by molar-refractivity contribution is 7.80. The van der Waals surface area contributed by atoms with Crippen molar-refractivity contribution >= 4 is 34.6 Å². The van der Waals surface area contributed by atoms with Gasteiger partial charge in [0, 0.05) is 18.7 Å². The monoisotopic (exact) mass is 515 g/mol. The Balaban J connectivity index is 1.41. The van der Waals surface area contributed by atoms with Gasteiger partial charge in [0.1, 0.15) is 12.4 Å². The van der Waals surface area contributed by atoms with E-state index in [9.17, 15) is 18.0 Å². The van der Waals surface area contributed by atoms with Crippen LogP contribution in [-0.4, -0.2) is 37.3 Å². The molecule has 0 atom stereocenters. The number of thiocarbonyl (C=S) groups is 1. The van der Waals surface area contributed by atoms with Crippen molar-refractivity contribution in [1.29, 1.82) is 0 Å². The van der Waals surface area contributed by atoms with Crippen molar-refractivity contribution in [3.05, 3.63) is 89.5 Å². The van der Waals surface area contributed by atoms with Crippen molar-refractivity contribution in [2.75, 3.05) is 36.5 Å². The van der Waals surface area contributed by atoms with Crippen LogP contribution in [0.5, 0.6) is 5.75 Å². The van der Waals surface area contributed by atoms with Gasteiger partial charge >= 0.3 is 6.18 Å². The van der Waals surface area contributed by atoms with Gasteiger partial charge in [0.25, 0.3) is 5.91 Å². The van der Waals surface area contributed by atoms with E-state index in [0.29, 0.717) is 49.9 Å². The molecule has 0 aliphatic carbocycles. The fraction of sp³-hybridized carbons (Fsp3) is 0.231. The summed E-state index contributed by atoms with van der Waals surface area (Å²) in [5.74, 6) is 0.0947. The van der Waals surface area contributed by atoms with Crippen LogP contribution in [0, 0.1) is 0 Å². The lowest BCUT2D eigenvalue weighted by Crippen LogP contribution is -2.38. The summed E-state index contributed by atoms with van der Waals surface area (Å²) in [4.78, 5) is 14.6. The van der Waals surface area contributed by atoms with Crippen molar-refractivity contribution in [2.24, 2.45) is 0 Å². The number of morpholine rings is 1. The molecular formula is C26H24F3N3O3S. The SMILES string of the molecule is O=C(NC(=S)Nc1cc(C(F)(F)F)ccc1N1CCOCC1)c1ccc(OCc2ccccc2)cc1. The number of carbonyl (C=O) groups is 1. The number of hydrogen-bond acceptors (Lipinski definition) is 5. The standard InChI is InChI=1S/C26H24F3N3O3S/c27-26(28,29)20-8-11-23(32-12-14-34-15-13-32)22(16-20)30-25(36)31-24(33)19-6-9-21(10-7-19)35-17-18-4-2-1-3-5-18/h1-11,16H,12-15,17H2,(H2,30,31,33,36). The maximum absolute atomic E-state index is 13.3. The van der Waals surface area contributed by atoms with Crippen LogP contribution in [0.2, 0.25) is 0 Å². The van der Waals surface area contributed by atoms with E-state index >= 15 is 0 Å². The smallest absolute Gasteiger partial charge is 0.416 e. The Morgan fingerprint density at radius 1 is 1.00 bits per heavy atom. The minimum Gasteiger partial charge on any atom is -0.489 e. The first-order chi connectivity index (χ1) is 17.3. The van der Waals surface area contributed by atoms with Crippen LogP contribution in [-0.2, 0) is 17.5 Å². The Labute approximate surface area is 212 Å². The predicted octanol–water partition coefficient (Wildman–Crippen LogP) is 5.25. The molecule has 10 heteroatoms. The summed E-state index contributed by atoms with van der Waals surface area (Å²) in [5.41, 5.74) is 1.22. The average Bonchev–Trinajstić information content (AvgIpc) is 2.88. The van der Waals surface area contributed by atoms with Gasteiger partial charge in [-0.05, 0) is 60.2 Å². The molecule has 2 N–H and O–H groups in total. The Kier molecular flexibility index (Phi) is 8.07. The fourth-order valence-electron chi connectivity index (χ4n) is 3.66. The minimum atomic E-state index is -4.52. The van der Waals surface area contributed by atoms with E-state index in [1.807, 2.05) is 35.2 Å². The van der Waals surface area contributed by atoms with Gasteiger partial charge in [-0.25, -0.2) is 0 Å². The van der Waals surface area contributed by atoms with Gasteiger partial charge in [0.05, 0.1) is 30.2 Å². The van der Waals surface area contributed by atoms with Crippen molar-refractivity contribution in [2.45, 2.75) is 12.8 Å². The van der Waals surface area contributed by atoms with Gasteiger partial charge in [-0.15, -0.1) is 0 Å². The third-order valence-electron chi connectivity index (χ3n) is 5.52. The second kappa shape index (κ2) is 11.4. The molecule has 1 amide bonds. The van der Waals surface area contributed by atoms with Gasteiger partial charge in [-0.2, -0.15) is 13.2 Å². The number of benzene rings is 3. The molecule has 0 bridgehead atoms. The van der Waals surface area contributed by atoms with Crippen molar-refractivity contribution < 1.29 is 27.4 Å². The summed E-state index contributed by atoms with van der Waals surface area (Å²) in [5, 5.41) is 5.18. The number of nitrogens with zero attached hydrogens (tertiary/aromatic N) is 1. The Morgan fingerprint density at radius 3 is 2.36 bits per heavy atom. The summed E-state index contributed by atoms with van der Waals surface area (Å²) in [6, 6.07) is 19.6. The van der Waals surface area contributed by atoms with Crippen LogP contribution in [0.25, 0.3) is 0 Å². The molecule has 188 valence electrons. The lowest BCUT2D eigenvalue weighted by atomic mass is 10.1. The normalized spacial score (nSPS) is 13.7. The van der Waals surface area contributed by atoms with Gasteiger partial charge in [0.15, 0.2) is 5.11 Å². The van der Waals surface area contributed by atoms with Crippen LogP contribution in [0.4, 0.5) is 24.5 Å². The number of halogens is 3. The molecule has 0 unspecified atom stereocenters. The van der Waals surface area contributed by atoms with E-state index in [0.717, 1.165) is 17.7 Å². The average molecular weight is 516 g/mol. The second-order valence-electron chi connectivity index (χ2n) is 8.04. The number of ether oxygens (including phenoxy) is 2. The van der Waals surface area contributed by atoms with Gasteiger partial charge in [0.2, 0.25) is 0 Å². The van der Waals surface area contributed by atoms with Gasteiger partial charge in [-0.3, -0.25) is 10.1 Å². The highest BCUT2D eigenvalue weighted by Gasteiger charge is 2.31. The quantitative estimate of drug-likeness (QED) is 0.438. The molecule has 6 nitrogen and oxygen atoms in total. The summed E-state index contributed by atoms with van der Waals surface area (Å²) in [6.45, 7) is 2.37. The van der Waals surface area contributed by atoms with E-state index in [-0.39, 0.29) is 10.8 Å². The maximum atomic E-state index is 13.3. The van der Waals surface area contributed by atoms with Crippen molar-refractivity contribution in [3.8, 4) is 5.75 Å². The molecule has 1 heterocycles. The summed E-state index contributed by atoms with van der Waals surface area (Å²) >= 11 is 5.24. The number of carbonyl (C=O) groups excluding carboxylic acids is 1. The van der Waals surface area contributed by atoms with Crippen molar-refractivity contribution in [3.63, 3.8) is 0 Å². The molecule has 0 spiro atoms. The van der Waals surface area contributed by atoms with Crippen molar-refractivity contribution in [1.82, 2.24) is 5.32 Å². The molecule has 1 fully saturated rings. The molecule has 36 heavy (non-hydrogen) atoms. The molecule has 0 saturated carbocycles. The number of alkyl halides is 3. The van der Waals surface area contributed by atoms with Gasteiger partial charge in [-0.1, -0.05) is 30.3 Å². The van der Waals surface area contributed by atoms with Crippen LogP contribution in [0.3, 0.4) is 0 Å². The molecule has 1 saturated heterocycles. The lowest BCUT2D eigenvalue weighted by molar-refractivity contribution is -0.137.